The van der Waals surface area contributed by atoms with Crippen LogP contribution in [0, 0.1) is 12.8 Å². The Morgan fingerprint density at radius 1 is 1.27 bits per heavy atom. The molecule has 26 heavy (non-hydrogen) atoms. The smallest absolute Gasteiger partial charge is 0.223 e. The van der Waals surface area contributed by atoms with Gasteiger partial charge in [-0.15, -0.1) is 10.2 Å². The van der Waals surface area contributed by atoms with Gasteiger partial charge in [-0.1, -0.05) is 11.6 Å². The van der Waals surface area contributed by atoms with Gasteiger partial charge >= 0.3 is 0 Å². The summed E-state index contributed by atoms with van der Waals surface area (Å²) in [7, 11) is 0. The third-order valence-corrected chi connectivity index (χ3v) is 6.03. The molecule has 2 aromatic heterocycles. The van der Waals surface area contributed by atoms with Crippen molar-refractivity contribution < 1.29 is 4.79 Å². The Kier molecular flexibility index (Phi) is 3.58. The first-order valence-corrected chi connectivity index (χ1v) is 9.42. The molecule has 0 saturated heterocycles. The van der Waals surface area contributed by atoms with Crippen LogP contribution in [-0.4, -0.2) is 31.7 Å². The Morgan fingerprint density at radius 3 is 2.88 bits per heavy atom. The molecule has 0 bridgehead atoms. The topological polar surface area (TPSA) is 75.6 Å². The van der Waals surface area contributed by atoms with E-state index in [2.05, 4.69) is 45.6 Å². The summed E-state index contributed by atoms with van der Waals surface area (Å²) in [5.41, 5.74) is 5.21. The van der Waals surface area contributed by atoms with Gasteiger partial charge in [0.2, 0.25) is 5.91 Å². The molecule has 1 atom stereocenters. The molecule has 6 nitrogen and oxygen atoms in total. The molecule has 1 unspecified atom stereocenters. The summed E-state index contributed by atoms with van der Waals surface area (Å²) in [6.45, 7) is 2.13. The molecule has 6 heteroatoms. The zero-order chi connectivity index (χ0) is 17.7. The van der Waals surface area contributed by atoms with E-state index >= 15 is 0 Å². The number of aromatic nitrogens is 4. The lowest BCUT2D eigenvalue weighted by molar-refractivity contribution is -0.129. The van der Waals surface area contributed by atoms with Gasteiger partial charge in [0.25, 0.3) is 0 Å². The van der Waals surface area contributed by atoms with E-state index in [0.29, 0.717) is 6.04 Å². The van der Waals surface area contributed by atoms with Crippen LogP contribution in [0.15, 0.2) is 30.9 Å². The Hall–Kier alpha value is -2.63. The molecular weight excluding hydrogens is 326 g/mol. The highest BCUT2D eigenvalue weighted by Gasteiger charge is 2.36. The summed E-state index contributed by atoms with van der Waals surface area (Å²) in [5.74, 6) is 0.327. The first kappa shape index (κ1) is 15.6. The van der Waals surface area contributed by atoms with E-state index in [1.807, 2.05) is 4.57 Å². The molecule has 3 aromatic rings. The Balaban J connectivity index is 1.25. The first-order valence-electron chi connectivity index (χ1n) is 9.42. The van der Waals surface area contributed by atoms with Crippen LogP contribution in [0.25, 0.3) is 10.9 Å². The standard InChI is InChI=1S/C20H23N5O/c1-12-2-4-18-16(6-12)17-9-14(3-5-19(17)24-18)23-20(26)13-7-15(8-13)25-10-21-22-11-25/h2,4,6,10-11,13-15,24H,3,5,7-9H2,1H3,(H,23,26). The van der Waals surface area contributed by atoms with Gasteiger partial charge in [0, 0.05) is 34.6 Å². The van der Waals surface area contributed by atoms with E-state index in [0.717, 1.165) is 32.1 Å². The third kappa shape index (κ3) is 2.60. The number of hydrogen-bond donors (Lipinski definition) is 2. The monoisotopic (exact) mass is 349 g/mol. The van der Waals surface area contributed by atoms with Crippen LogP contribution >= 0.6 is 0 Å². The molecule has 0 radical (unpaired) electrons. The van der Waals surface area contributed by atoms with Crippen molar-refractivity contribution in [3.63, 3.8) is 0 Å². The summed E-state index contributed by atoms with van der Waals surface area (Å²) >= 11 is 0. The van der Waals surface area contributed by atoms with Crippen LogP contribution < -0.4 is 5.32 Å². The second-order valence-electron chi connectivity index (χ2n) is 7.81. The Labute approximate surface area is 152 Å². The lowest BCUT2D eigenvalue weighted by atomic mass is 9.79. The van der Waals surface area contributed by atoms with Gasteiger partial charge in [0.05, 0.1) is 0 Å². The lowest BCUT2D eigenvalue weighted by Crippen LogP contribution is -2.45. The second kappa shape index (κ2) is 5.97. The van der Waals surface area contributed by atoms with Crippen molar-refractivity contribution >= 4 is 16.8 Å². The summed E-state index contributed by atoms with van der Waals surface area (Å²) in [4.78, 5) is 16.2. The van der Waals surface area contributed by atoms with Crippen molar-refractivity contribution in [2.45, 2.75) is 51.1 Å². The number of rotatable bonds is 3. The minimum atomic E-state index is 0.119. The van der Waals surface area contributed by atoms with Crippen molar-refractivity contribution in [2.24, 2.45) is 5.92 Å². The van der Waals surface area contributed by atoms with Crippen LogP contribution in [0.2, 0.25) is 0 Å². The SMILES string of the molecule is Cc1ccc2[nH]c3c(c2c1)CC(NC(=O)C1CC(n2cnnc2)C1)CC3. The fraction of sp³-hybridized carbons (Fsp3) is 0.450. The van der Waals surface area contributed by atoms with Gasteiger partial charge in [0.1, 0.15) is 12.7 Å². The van der Waals surface area contributed by atoms with E-state index in [-0.39, 0.29) is 17.9 Å². The first-order chi connectivity index (χ1) is 12.7. The van der Waals surface area contributed by atoms with Crippen LogP contribution in [0.1, 0.15) is 42.1 Å². The second-order valence-corrected chi connectivity index (χ2v) is 7.81. The van der Waals surface area contributed by atoms with Gasteiger partial charge in [0.15, 0.2) is 0 Å². The minimum Gasteiger partial charge on any atom is -0.358 e. The number of aryl methyl sites for hydroxylation is 2. The molecule has 1 fully saturated rings. The highest BCUT2D eigenvalue weighted by atomic mass is 16.2. The molecule has 1 aromatic carbocycles. The predicted molar refractivity (Wildman–Crippen MR) is 98.8 cm³/mol. The fourth-order valence-corrected chi connectivity index (χ4v) is 4.42. The number of benzene rings is 1. The summed E-state index contributed by atoms with van der Waals surface area (Å²) < 4.78 is 2.00. The van der Waals surface area contributed by atoms with Crippen molar-refractivity contribution in [3.05, 3.63) is 47.7 Å². The third-order valence-electron chi connectivity index (χ3n) is 6.03. The summed E-state index contributed by atoms with van der Waals surface area (Å²) in [6, 6.07) is 7.17. The number of hydrogen-bond acceptors (Lipinski definition) is 3. The number of fused-ring (bicyclic) bond motifs is 3. The zero-order valence-electron chi connectivity index (χ0n) is 14.9. The molecule has 5 rings (SSSR count). The average molecular weight is 349 g/mol. The fourth-order valence-electron chi connectivity index (χ4n) is 4.42. The van der Waals surface area contributed by atoms with Crippen molar-refractivity contribution in [1.82, 2.24) is 25.1 Å². The van der Waals surface area contributed by atoms with E-state index in [1.54, 1.807) is 12.7 Å². The molecule has 0 aliphatic heterocycles. The number of amides is 1. The van der Waals surface area contributed by atoms with Crippen LogP contribution in [0.5, 0.6) is 0 Å². The predicted octanol–water partition coefficient (Wildman–Crippen LogP) is 2.69. The number of nitrogens with zero attached hydrogens (tertiary/aromatic N) is 3. The van der Waals surface area contributed by atoms with Crippen LogP contribution in [0.4, 0.5) is 0 Å². The Bertz CT molecular complexity index is 952. The zero-order valence-corrected chi connectivity index (χ0v) is 14.9. The average Bonchev–Trinajstić information content (AvgIpc) is 3.21. The Morgan fingerprint density at radius 2 is 2.08 bits per heavy atom. The van der Waals surface area contributed by atoms with Crippen LogP contribution in [-0.2, 0) is 17.6 Å². The van der Waals surface area contributed by atoms with Gasteiger partial charge < -0.3 is 14.9 Å². The van der Waals surface area contributed by atoms with E-state index in [9.17, 15) is 4.79 Å². The maximum atomic E-state index is 12.6. The van der Waals surface area contributed by atoms with E-state index < -0.39 is 0 Å². The summed E-state index contributed by atoms with van der Waals surface area (Å²) in [6.07, 6.45) is 8.17. The van der Waals surface area contributed by atoms with Gasteiger partial charge in [-0.05, 0) is 56.7 Å². The molecule has 2 aliphatic carbocycles. The molecule has 1 amide bonds. The molecule has 2 heterocycles. The molecule has 1 saturated carbocycles. The minimum absolute atomic E-state index is 0.119. The van der Waals surface area contributed by atoms with Crippen molar-refractivity contribution in [2.75, 3.05) is 0 Å². The quantitative estimate of drug-likeness (QED) is 0.763. The maximum absolute atomic E-state index is 12.6. The highest BCUT2D eigenvalue weighted by molar-refractivity contribution is 5.86. The lowest BCUT2D eigenvalue weighted by Gasteiger charge is -2.36. The number of aromatic amines is 1. The largest absolute Gasteiger partial charge is 0.358 e. The normalized spacial score (nSPS) is 24.9. The molecule has 134 valence electrons. The molecule has 0 spiro atoms. The highest BCUT2D eigenvalue weighted by Crippen LogP contribution is 2.38. The van der Waals surface area contributed by atoms with Gasteiger partial charge in [-0.3, -0.25) is 4.79 Å². The summed E-state index contributed by atoms with van der Waals surface area (Å²) in [5, 5.41) is 12.3. The number of carbonyl (C=O) groups is 1. The van der Waals surface area contributed by atoms with Gasteiger partial charge in [-0.2, -0.15) is 0 Å². The van der Waals surface area contributed by atoms with Crippen molar-refractivity contribution in [3.8, 4) is 0 Å². The van der Waals surface area contributed by atoms with Gasteiger partial charge in [-0.25, -0.2) is 0 Å². The number of nitrogens with one attached hydrogen (secondary N) is 2. The van der Waals surface area contributed by atoms with E-state index in [4.69, 9.17) is 0 Å². The molecule has 2 aliphatic rings. The molecule has 2 N–H and O–H groups in total. The molecular formula is C20H23N5O. The maximum Gasteiger partial charge on any atom is 0.223 e. The number of carbonyl (C=O) groups excluding carboxylic acids is 1. The number of H-pyrrole nitrogens is 1. The van der Waals surface area contributed by atoms with Crippen molar-refractivity contribution in [1.29, 1.82) is 0 Å². The van der Waals surface area contributed by atoms with Crippen LogP contribution in [0.3, 0.4) is 0 Å². The van der Waals surface area contributed by atoms with E-state index in [1.165, 1.54) is 27.7 Å².